The number of aryl methyl sites for hydroxylation is 1. The number of fused-ring (bicyclic) bond motifs is 3. The van der Waals surface area contributed by atoms with E-state index in [0.29, 0.717) is 30.6 Å². The van der Waals surface area contributed by atoms with Gasteiger partial charge < -0.3 is 15.0 Å². The summed E-state index contributed by atoms with van der Waals surface area (Å²) in [5.74, 6) is -0.390. The number of Topliss-reactive ketones (excluding diaryl/α,β-unsaturated/α-hetero) is 1. The minimum absolute atomic E-state index is 0.0873. The lowest BCUT2D eigenvalue weighted by atomic mass is 9.91. The van der Waals surface area contributed by atoms with Crippen LogP contribution in [0.1, 0.15) is 59.1 Å². The van der Waals surface area contributed by atoms with Gasteiger partial charge in [0, 0.05) is 50.6 Å². The molecule has 0 bridgehead atoms. The predicted molar refractivity (Wildman–Crippen MR) is 147 cm³/mol. The van der Waals surface area contributed by atoms with E-state index in [-0.39, 0.29) is 24.1 Å². The quantitative estimate of drug-likeness (QED) is 0.232. The third kappa shape index (κ3) is 4.29. The van der Waals surface area contributed by atoms with Crippen molar-refractivity contribution in [3.63, 3.8) is 0 Å². The van der Waals surface area contributed by atoms with Crippen molar-refractivity contribution in [1.29, 1.82) is 0 Å². The molecule has 0 fully saturated rings. The zero-order chi connectivity index (χ0) is 25.5. The monoisotopic (exact) mass is 510 g/mol. The number of carbonyl (C=O) groups is 3. The van der Waals surface area contributed by atoms with E-state index in [0.717, 1.165) is 51.5 Å². The third-order valence-corrected chi connectivity index (χ3v) is 8.17. The highest BCUT2D eigenvalue weighted by atomic mass is 32.1. The van der Waals surface area contributed by atoms with Crippen molar-refractivity contribution in [2.45, 2.75) is 39.0 Å². The molecule has 6 nitrogen and oxygen atoms in total. The standard InChI is InChI=1S/C30H26N2O4S/c1-2-36-28(34)13-11-19-24(31-23-7-5-8-25(33)29(19)23)16-21-20-14-18(10-12-22(20)32-30(21)35)27-15-17-6-3-4-9-26(17)37-27/h3-4,6,9-10,12,14-16,31H,2,5,7-8,11,13H2,1H3,(H,32,35)/b21-16-. The highest BCUT2D eigenvalue weighted by Gasteiger charge is 2.29. The smallest absolute Gasteiger partial charge is 0.306 e. The van der Waals surface area contributed by atoms with E-state index < -0.39 is 0 Å². The lowest BCUT2D eigenvalue weighted by Crippen LogP contribution is -2.12. The van der Waals surface area contributed by atoms with Crippen molar-refractivity contribution < 1.29 is 19.1 Å². The Morgan fingerprint density at radius 3 is 2.81 bits per heavy atom. The Kier molecular flexibility index (Phi) is 6.00. The van der Waals surface area contributed by atoms with Crippen LogP contribution >= 0.6 is 11.3 Å². The van der Waals surface area contributed by atoms with Crippen LogP contribution in [0.25, 0.3) is 32.2 Å². The van der Waals surface area contributed by atoms with Gasteiger partial charge in [-0.25, -0.2) is 0 Å². The number of H-pyrrole nitrogens is 1. The minimum atomic E-state index is -0.295. The van der Waals surface area contributed by atoms with E-state index in [9.17, 15) is 14.4 Å². The molecule has 6 rings (SSSR count). The van der Waals surface area contributed by atoms with E-state index >= 15 is 0 Å². The SMILES string of the molecule is CCOC(=O)CCc1c(/C=C2\C(=O)Nc3ccc(-c4cc5ccccc5s4)cc32)[nH]c2c1C(=O)CCC2. The lowest BCUT2D eigenvalue weighted by molar-refractivity contribution is -0.143. The number of amides is 1. The number of hydrogen-bond donors (Lipinski definition) is 2. The van der Waals surface area contributed by atoms with Gasteiger partial charge in [0.1, 0.15) is 0 Å². The number of nitrogens with one attached hydrogen (secondary N) is 2. The fourth-order valence-electron chi connectivity index (χ4n) is 5.29. The summed E-state index contributed by atoms with van der Waals surface area (Å²) in [7, 11) is 0. The Hall–Kier alpha value is -3.97. The van der Waals surface area contributed by atoms with Crippen molar-refractivity contribution in [1.82, 2.24) is 4.98 Å². The summed E-state index contributed by atoms with van der Waals surface area (Å²) in [5.41, 5.74) is 6.26. The molecule has 0 atom stereocenters. The summed E-state index contributed by atoms with van der Waals surface area (Å²) >= 11 is 1.72. The maximum absolute atomic E-state index is 13.1. The fraction of sp³-hybridized carbons (Fsp3) is 0.233. The predicted octanol–water partition coefficient (Wildman–Crippen LogP) is 6.40. The van der Waals surface area contributed by atoms with Gasteiger partial charge >= 0.3 is 5.97 Å². The number of ketones is 1. The van der Waals surface area contributed by atoms with Gasteiger partial charge in [-0.2, -0.15) is 0 Å². The summed E-state index contributed by atoms with van der Waals surface area (Å²) in [4.78, 5) is 42.5. The summed E-state index contributed by atoms with van der Waals surface area (Å²) < 4.78 is 6.33. The Morgan fingerprint density at radius 2 is 1.97 bits per heavy atom. The van der Waals surface area contributed by atoms with Crippen LogP contribution in [0.2, 0.25) is 0 Å². The highest BCUT2D eigenvalue weighted by Crippen LogP contribution is 2.40. The number of benzene rings is 2. The number of carbonyl (C=O) groups excluding carboxylic acids is 3. The molecule has 2 N–H and O–H groups in total. The molecule has 4 aromatic rings. The number of anilines is 1. The first-order valence-corrected chi connectivity index (χ1v) is 13.4. The van der Waals surface area contributed by atoms with Gasteiger partial charge in [0.15, 0.2) is 5.78 Å². The molecule has 7 heteroatoms. The van der Waals surface area contributed by atoms with Gasteiger partial charge in [0.2, 0.25) is 0 Å². The Labute approximate surface area is 218 Å². The van der Waals surface area contributed by atoms with Gasteiger partial charge in [-0.1, -0.05) is 24.3 Å². The Bertz CT molecular complexity index is 1570. The number of esters is 1. The molecule has 1 aliphatic heterocycles. The number of aromatic nitrogens is 1. The molecule has 2 aliphatic rings. The summed E-state index contributed by atoms with van der Waals surface area (Å²) in [6.07, 6.45) is 4.46. The van der Waals surface area contributed by atoms with Crippen molar-refractivity contribution in [2.24, 2.45) is 0 Å². The van der Waals surface area contributed by atoms with Crippen LogP contribution in [0.4, 0.5) is 5.69 Å². The second kappa shape index (κ2) is 9.48. The molecule has 37 heavy (non-hydrogen) atoms. The first-order valence-electron chi connectivity index (χ1n) is 12.6. The topological polar surface area (TPSA) is 88.3 Å². The van der Waals surface area contributed by atoms with Crippen molar-refractivity contribution in [2.75, 3.05) is 11.9 Å². The van der Waals surface area contributed by atoms with Gasteiger partial charge in [0.25, 0.3) is 5.91 Å². The largest absolute Gasteiger partial charge is 0.466 e. The first kappa shape index (κ1) is 23.4. The summed E-state index contributed by atoms with van der Waals surface area (Å²) in [6.45, 7) is 2.09. The van der Waals surface area contributed by atoms with Crippen LogP contribution in [0.15, 0.2) is 48.5 Å². The van der Waals surface area contributed by atoms with Crippen LogP contribution < -0.4 is 5.32 Å². The first-order chi connectivity index (χ1) is 18.0. The second-order valence-corrected chi connectivity index (χ2v) is 10.5. The van der Waals surface area contributed by atoms with E-state index in [4.69, 9.17) is 4.74 Å². The van der Waals surface area contributed by atoms with Crippen LogP contribution in [0, 0.1) is 0 Å². The average molecular weight is 511 g/mol. The van der Waals surface area contributed by atoms with Crippen LogP contribution in [-0.2, 0) is 27.2 Å². The van der Waals surface area contributed by atoms with E-state index in [1.54, 1.807) is 18.3 Å². The molecule has 0 saturated heterocycles. The molecule has 186 valence electrons. The molecule has 3 heterocycles. The van der Waals surface area contributed by atoms with Crippen LogP contribution in [0.3, 0.4) is 0 Å². The maximum Gasteiger partial charge on any atom is 0.306 e. The lowest BCUT2D eigenvalue weighted by Gasteiger charge is -2.11. The molecule has 1 aliphatic carbocycles. The van der Waals surface area contributed by atoms with E-state index in [1.807, 2.05) is 30.3 Å². The molecule has 0 spiro atoms. The van der Waals surface area contributed by atoms with Gasteiger partial charge in [-0.3, -0.25) is 14.4 Å². The van der Waals surface area contributed by atoms with Gasteiger partial charge in [-0.05, 0) is 73.0 Å². The molecule has 0 saturated carbocycles. The normalized spacial score (nSPS) is 15.6. The molecule has 0 unspecified atom stereocenters. The van der Waals surface area contributed by atoms with E-state index in [2.05, 4.69) is 34.6 Å². The summed E-state index contributed by atoms with van der Waals surface area (Å²) in [6, 6.07) is 16.5. The molecular formula is C30H26N2O4S. The van der Waals surface area contributed by atoms with Crippen molar-refractivity contribution in [3.05, 3.63) is 76.6 Å². The molecule has 0 radical (unpaired) electrons. The van der Waals surface area contributed by atoms with E-state index in [1.165, 1.54) is 10.1 Å². The molecule has 2 aromatic heterocycles. The van der Waals surface area contributed by atoms with Crippen LogP contribution in [-0.4, -0.2) is 29.3 Å². The third-order valence-electron chi connectivity index (χ3n) is 7.01. The zero-order valence-corrected chi connectivity index (χ0v) is 21.3. The Balaban J connectivity index is 1.41. The second-order valence-electron chi connectivity index (χ2n) is 9.37. The van der Waals surface area contributed by atoms with Crippen molar-refractivity contribution >= 4 is 56.4 Å². The minimum Gasteiger partial charge on any atom is -0.466 e. The number of hydrogen-bond acceptors (Lipinski definition) is 5. The fourth-order valence-corrected chi connectivity index (χ4v) is 6.35. The molecule has 1 amide bonds. The number of ether oxygens (including phenoxy) is 1. The Morgan fingerprint density at radius 1 is 1.11 bits per heavy atom. The highest BCUT2D eigenvalue weighted by molar-refractivity contribution is 7.22. The van der Waals surface area contributed by atoms with Gasteiger partial charge in [-0.15, -0.1) is 11.3 Å². The van der Waals surface area contributed by atoms with Crippen LogP contribution in [0.5, 0.6) is 0 Å². The molecule has 2 aromatic carbocycles. The average Bonchev–Trinajstić information content (AvgIpc) is 3.57. The van der Waals surface area contributed by atoms with Crippen molar-refractivity contribution in [3.8, 4) is 10.4 Å². The zero-order valence-electron chi connectivity index (χ0n) is 20.5. The maximum atomic E-state index is 13.1. The summed E-state index contributed by atoms with van der Waals surface area (Å²) in [5, 5.41) is 4.17. The molecular weight excluding hydrogens is 484 g/mol. The van der Waals surface area contributed by atoms with Gasteiger partial charge in [0.05, 0.1) is 12.2 Å². The number of rotatable bonds is 6. The number of aromatic amines is 1. The number of thiophene rings is 1.